The van der Waals surface area contributed by atoms with E-state index in [1.807, 2.05) is 13.8 Å². The van der Waals surface area contributed by atoms with E-state index in [9.17, 15) is 9.18 Å². The number of nitrogens with one attached hydrogen (secondary N) is 1. The number of rotatable bonds is 5. The van der Waals surface area contributed by atoms with Crippen LogP contribution in [0, 0.1) is 18.2 Å². The molecule has 0 fully saturated rings. The van der Waals surface area contributed by atoms with Gasteiger partial charge in [0.25, 0.3) is 5.91 Å². The van der Waals surface area contributed by atoms with Crippen molar-refractivity contribution in [1.29, 1.82) is 0 Å². The van der Waals surface area contributed by atoms with Crippen LogP contribution in [0.5, 0.6) is 0 Å². The largest absolute Gasteiger partial charge is 0.451 e. The first kappa shape index (κ1) is 15.5. The molecule has 0 saturated carbocycles. The predicted octanol–water partition coefficient (Wildman–Crippen LogP) is 3.02. The van der Waals surface area contributed by atoms with Crippen LogP contribution in [0.2, 0.25) is 0 Å². The number of aryl methyl sites for hydroxylation is 1. The minimum atomic E-state index is -0.359. The Hall–Kier alpha value is -1.88. The first-order valence-corrected chi connectivity index (χ1v) is 6.92. The zero-order valence-electron chi connectivity index (χ0n) is 12.5. The fraction of sp³-hybridized carbons (Fsp3) is 0.438. The van der Waals surface area contributed by atoms with E-state index in [4.69, 9.17) is 9.52 Å². The van der Waals surface area contributed by atoms with Gasteiger partial charge < -0.3 is 14.8 Å². The van der Waals surface area contributed by atoms with E-state index in [0.717, 1.165) is 0 Å². The molecule has 2 rings (SSSR count). The number of amides is 1. The number of halogens is 1. The third-order valence-corrected chi connectivity index (χ3v) is 3.62. The maximum absolute atomic E-state index is 13.3. The molecule has 0 spiro atoms. The Balaban J connectivity index is 2.18. The van der Waals surface area contributed by atoms with E-state index in [1.165, 1.54) is 18.2 Å². The Bertz CT molecular complexity index is 661. The average molecular weight is 293 g/mol. The average Bonchev–Trinajstić information content (AvgIpc) is 2.73. The molecule has 5 heteroatoms. The highest BCUT2D eigenvalue weighted by Gasteiger charge is 2.22. The van der Waals surface area contributed by atoms with Crippen LogP contribution in [0.25, 0.3) is 11.0 Å². The fourth-order valence-electron chi connectivity index (χ4n) is 2.20. The van der Waals surface area contributed by atoms with E-state index in [1.54, 1.807) is 6.92 Å². The molecule has 0 unspecified atom stereocenters. The number of aliphatic hydroxyl groups excluding tert-OH is 1. The van der Waals surface area contributed by atoms with Crippen LogP contribution in [-0.2, 0) is 0 Å². The monoisotopic (exact) mass is 293 g/mol. The summed E-state index contributed by atoms with van der Waals surface area (Å²) < 4.78 is 18.8. The normalized spacial score (nSPS) is 11.9. The van der Waals surface area contributed by atoms with E-state index in [0.29, 0.717) is 29.5 Å². The summed E-state index contributed by atoms with van der Waals surface area (Å²) in [5.74, 6) is -0.479. The standard InChI is InChI=1S/C16H20FNO3/c1-10-12-8-11(17)4-5-13(12)21-14(10)15(20)18-9-16(2,3)6-7-19/h4-5,8,19H,6-7,9H2,1-3H3,(H,18,20). The number of hydrogen-bond acceptors (Lipinski definition) is 3. The third-order valence-electron chi connectivity index (χ3n) is 3.62. The van der Waals surface area contributed by atoms with Crippen LogP contribution in [0.3, 0.4) is 0 Å². The summed E-state index contributed by atoms with van der Waals surface area (Å²) in [5, 5.41) is 12.4. The van der Waals surface area contributed by atoms with Crippen LogP contribution >= 0.6 is 0 Å². The lowest BCUT2D eigenvalue weighted by Crippen LogP contribution is -2.34. The SMILES string of the molecule is Cc1c(C(=O)NCC(C)(C)CCO)oc2ccc(F)cc12. The molecule has 0 aliphatic carbocycles. The van der Waals surface area contributed by atoms with Crippen molar-refractivity contribution in [2.45, 2.75) is 27.2 Å². The lowest BCUT2D eigenvalue weighted by atomic mass is 9.90. The lowest BCUT2D eigenvalue weighted by Gasteiger charge is -2.23. The number of fused-ring (bicyclic) bond motifs is 1. The first-order valence-electron chi connectivity index (χ1n) is 6.92. The molecule has 2 N–H and O–H groups in total. The summed E-state index contributed by atoms with van der Waals surface area (Å²) in [6.45, 7) is 6.16. The van der Waals surface area contributed by atoms with E-state index in [2.05, 4.69) is 5.32 Å². The molecule has 1 heterocycles. The second kappa shape index (κ2) is 5.85. The van der Waals surface area contributed by atoms with Crippen molar-refractivity contribution in [3.63, 3.8) is 0 Å². The quantitative estimate of drug-likeness (QED) is 0.890. The number of carbonyl (C=O) groups excluding carboxylic acids is 1. The molecular weight excluding hydrogens is 273 g/mol. The predicted molar refractivity (Wildman–Crippen MR) is 78.7 cm³/mol. The Morgan fingerprint density at radius 2 is 2.14 bits per heavy atom. The second-order valence-corrected chi connectivity index (χ2v) is 6.02. The van der Waals surface area contributed by atoms with Crippen molar-refractivity contribution >= 4 is 16.9 Å². The summed E-state index contributed by atoms with van der Waals surface area (Å²) >= 11 is 0. The van der Waals surface area contributed by atoms with E-state index in [-0.39, 0.29) is 29.5 Å². The van der Waals surface area contributed by atoms with E-state index >= 15 is 0 Å². The van der Waals surface area contributed by atoms with Gasteiger partial charge in [-0.05, 0) is 37.0 Å². The molecule has 1 aromatic carbocycles. The third kappa shape index (κ3) is 3.42. The van der Waals surface area contributed by atoms with Gasteiger partial charge in [0.15, 0.2) is 5.76 Å². The summed E-state index contributed by atoms with van der Waals surface area (Å²) in [5.41, 5.74) is 0.923. The van der Waals surface area contributed by atoms with Gasteiger partial charge in [0, 0.05) is 24.1 Å². The van der Waals surface area contributed by atoms with Gasteiger partial charge in [0.2, 0.25) is 0 Å². The van der Waals surface area contributed by atoms with Crippen molar-refractivity contribution < 1.29 is 18.7 Å². The highest BCUT2D eigenvalue weighted by Crippen LogP contribution is 2.26. The molecule has 0 saturated heterocycles. The number of hydrogen-bond donors (Lipinski definition) is 2. The molecular formula is C16H20FNO3. The molecule has 1 aromatic heterocycles. The molecule has 21 heavy (non-hydrogen) atoms. The molecule has 0 atom stereocenters. The van der Waals surface area contributed by atoms with Gasteiger partial charge in [-0.25, -0.2) is 4.39 Å². The number of benzene rings is 1. The van der Waals surface area contributed by atoms with Gasteiger partial charge in [-0.1, -0.05) is 13.8 Å². The van der Waals surface area contributed by atoms with Gasteiger partial charge in [-0.15, -0.1) is 0 Å². The Morgan fingerprint density at radius 3 is 2.81 bits per heavy atom. The van der Waals surface area contributed by atoms with E-state index < -0.39 is 0 Å². The molecule has 114 valence electrons. The Kier molecular flexibility index (Phi) is 4.32. The van der Waals surface area contributed by atoms with Crippen molar-refractivity contribution in [3.05, 3.63) is 35.3 Å². The van der Waals surface area contributed by atoms with Crippen LogP contribution in [0.15, 0.2) is 22.6 Å². The molecule has 0 radical (unpaired) electrons. The fourth-order valence-corrected chi connectivity index (χ4v) is 2.20. The Labute approximate surface area is 122 Å². The number of carbonyl (C=O) groups is 1. The number of aliphatic hydroxyl groups is 1. The molecule has 1 amide bonds. The summed E-state index contributed by atoms with van der Waals surface area (Å²) in [7, 11) is 0. The molecule has 2 aromatic rings. The van der Waals surface area contributed by atoms with Gasteiger partial charge in [0.05, 0.1) is 0 Å². The van der Waals surface area contributed by atoms with Crippen molar-refractivity contribution in [3.8, 4) is 0 Å². The van der Waals surface area contributed by atoms with Crippen LogP contribution < -0.4 is 5.32 Å². The van der Waals surface area contributed by atoms with Crippen molar-refractivity contribution in [1.82, 2.24) is 5.32 Å². The molecule has 0 bridgehead atoms. The lowest BCUT2D eigenvalue weighted by molar-refractivity contribution is 0.0902. The smallest absolute Gasteiger partial charge is 0.287 e. The van der Waals surface area contributed by atoms with Crippen LogP contribution in [0.4, 0.5) is 4.39 Å². The zero-order chi connectivity index (χ0) is 15.6. The van der Waals surface area contributed by atoms with Crippen molar-refractivity contribution in [2.75, 3.05) is 13.2 Å². The topological polar surface area (TPSA) is 62.5 Å². The summed E-state index contributed by atoms with van der Waals surface area (Å²) in [6, 6.07) is 4.18. The minimum Gasteiger partial charge on any atom is -0.451 e. The van der Waals surface area contributed by atoms with Crippen molar-refractivity contribution in [2.24, 2.45) is 5.41 Å². The minimum absolute atomic E-state index is 0.0752. The van der Waals surface area contributed by atoms with Gasteiger partial charge in [-0.2, -0.15) is 0 Å². The molecule has 0 aliphatic rings. The van der Waals surface area contributed by atoms with Gasteiger partial charge in [0.1, 0.15) is 11.4 Å². The van der Waals surface area contributed by atoms with Crippen LogP contribution in [0.1, 0.15) is 36.4 Å². The molecule has 4 nitrogen and oxygen atoms in total. The van der Waals surface area contributed by atoms with Gasteiger partial charge >= 0.3 is 0 Å². The highest BCUT2D eigenvalue weighted by atomic mass is 19.1. The maximum atomic E-state index is 13.3. The maximum Gasteiger partial charge on any atom is 0.287 e. The molecule has 0 aliphatic heterocycles. The second-order valence-electron chi connectivity index (χ2n) is 6.02. The van der Waals surface area contributed by atoms with Gasteiger partial charge in [-0.3, -0.25) is 4.79 Å². The number of furan rings is 1. The first-order chi connectivity index (χ1) is 9.84. The zero-order valence-corrected chi connectivity index (χ0v) is 12.5. The summed E-state index contributed by atoms with van der Waals surface area (Å²) in [6.07, 6.45) is 0.595. The van der Waals surface area contributed by atoms with Crippen LogP contribution in [-0.4, -0.2) is 24.2 Å². The Morgan fingerprint density at radius 1 is 1.43 bits per heavy atom. The summed E-state index contributed by atoms with van der Waals surface area (Å²) in [4.78, 5) is 12.2. The highest BCUT2D eigenvalue weighted by molar-refractivity contribution is 5.98.